The van der Waals surface area contributed by atoms with E-state index in [1.165, 1.54) is 0 Å². The molecule has 3 amide bonds. The number of urea groups is 1. The molecule has 2 heterocycles. The second-order valence-corrected chi connectivity index (χ2v) is 5.51. The highest BCUT2D eigenvalue weighted by Crippen LogP contribution is 2.30. The third-order valence-corrected chi connectivity index (χ3v) is 4.08. The number of hydrogen-bond donors (Lipinski definition) is 4. The zero-order valence-electron chi connectivity index (χ0n) is 11.8. The van der Waals surface area contributed by atoms with Gasteiger partial charge in [0, 0.05) is 26.3 Å². The minimum Gasteiger partial charge on any atom is -0.481 e. The molecule has 2 aliphatic rings. The van der Waals surface area contributed by atoms with Gasteiger partial charge in [-0.25, -0.2) is 4.79 Å². The van der Waals surface area contributed by atoms with Crippen LogP contribution in [0.5, 0.6) is 0 Å². The second kappa shape index (κ2) is 6.75. The van der Waals surface area contributed by atoms with Crippen LogP contribution in [-0.4, -0.2) is 55.4 Å². The molecule has 0 spiro atoms. The Bertz CT molecular complexity index is 420. The van der Waals surface area contributed by atoms with Crippen molar-refractivity contribution in [2.75, 3.05) is 26.3 Å². The Morgan fingerprint density at radius 1 is 1.38 bits per heavy atom. The van der Waals surface area contributed by atoms with Crippen molar-refractivity contribution in [1.82, 2.24) is 16.0 Å². The van der Waals surface area contributed by atoms with Gasteiger partial charge < -0.3 is 25.8 Å². The predicted octanol–water partition coefficient (Wildman–Crippen LogP) is -0.554. The summed E-state index contributed by atoms with van der Waals surface area (Å²) in [5, 5.41) is 17.2. The van der Waals surface area contributed by atoms with Crippen molar-refractivity contribution in [3.63, 3.8) is 0 Å². The standard InChI is InChI=1S/C13H21N3O5/c17-10-9(2-1-5-14-10)16-12(20)15-8-13(11(18)19)3-6-21-7-4-13/h9H,1-8H2,(H,14,17)(H,18,19)(H2,15,16,20). The predicted molar refractivity (Wildman–Crippen MR) is 72.7 cm³/mol. The molecule has 2 rings (SSSR count). The number of carbonyl (C=O) groups excluding carboxylic acids is 2. The lowest BCUT2D eigenvalue weighted by Crippen LogP contribution is -2.55. The molecule has 4 N–H and O–H groups in total. The minimum absolute atomic E-state index is 0.0336. The minimum atomic E-state index is -0.982. The fraction of sp³-hybridized carbons (Fsp3) is 0.769. The van der Waals surface area contributed by atoms with E-state index in [4.69, 9.17) is 4.74 Å². The van der Waals surface area contributed by atoms with Crippen molar-refractivity contribution < 1.29 is 24.2 Å². The fourth-order valence-corrected chi connectivity index (χ4v) is 2.60. The van der Waals surface area contributed by atoms with E-state index in [0.29, 0.717) is 39.0 Å². The Morgan fingerprint density at radius 3 is 2.71 bits per heavy atom. The number of carboxylic acids is 1. The molecule has 0 aromatic carbocycles. The van der Waals surface area contributed by atoms with E-state index in [0.717, 1.165) is 6.42 Å². The van der Waals surface area contributed by atoms with Crippen LogP contribution in [-0.2, 0) is 14.3 Å². The van der Waals surface area contributed by atoms with Gasteiger partial charge >= 0.3 is 12.0 Å². The summed E-state index contributed by atoms with van der Waals surface area (Å²) < 4.78 is 5.17. The van der Waals surface area contributed by atoms with E-state index < -0.39 is 23.5 Å². The lowest BCUT2D eigenvalue weighted by Gasteiger charge is -2.33. The van der Waals surface area contributed by atoms with Crippen LogP contribution in [0.25, 0.3) is 0 Å². The van der Waals surface area contributed by atoms with Crippen molar-refractivity contribution in [3.8, 4) is 0 Å². The summed E-state index contributed by atoms with van der Waals surface area (Å²) in [6.45, 7) is 1.41. The van der Waals surface area contributed by atoms with Crippen molar-refractivity contribution in [2.45, 2.75) is 31.7 Å². The fourth-order valence-electron chi connectivity index (χ4n) is 2.60. The van der Waals surface area contributed by atoms with E-state index in [2.05, 4.69) is 16.0 Å². The summed E-state index contributed by atoms with van der Waals surface area (Å²) in [6, 6.07) is -1.06. The summed E-state index contributed by atoms with van der Waals surface area (Å²) in [7, 11) is 0. The SMILES string of the molecule is O=C(NCC1(C(=O)O)CCOCC1)NC1CCCNC1=O. The van der Waals surface area contributed by atoms with Gasteiger partial charge in [0.05, 0.1) is 5.41 Å². The molecule has 0 radical (unpaired) electrons. The maximum absolute atomic E-state index is 11.8. The molecule has 0 aromatic heterocycles. The molecule has 2 fully saturated rings. The lowest BCUT2D eigenvalue weighted by atomic mass is 9.80. The topological polar surface area (TPSA) is 117 Å². The number of rotatable bonds is 4. The molecule has 1 unspecified atom stereocenters. The Kier molecular flexibility index (Phi) is 5.00. The van der Waals surface area contributed by atoms with Crippen LogP contribution in [0.4, 0.5) is 4.79 Å². The highest BCUT2D eigenvalue weighted by Gasteiger charge is 2.40. The van der Waals surface area contributed by atoms with Crippen LogP contribution in [0.3, 0.4) is 0 Å². The van der Waals surface area contributed by atoms with Crippen molar-refractivity contribution in [3.05, 3.63) is 0 Å². The van der Waals surface area contributed by atoms with Gasteiger partial charge in [-0.15, -0.1) is 0 Å². The van der Waals surface area contributed by atoms with Crippen LogP contribution in [0.1, 0.15) is 25.7 Å². The molecule has 21 heavy (non-hydrogen) atoms. The Morgan fingerprint density at radius 2 is 2.10 bits per heavy atom. The molecular weight excluding hydrogens is 278 g/mol. The lowest BCUT2D eigenvalue weighted by molar-refractivity contribution is -0.154. The quantitative estimate of drug-likeness (QED) is 0.555. The smallest absolute Gasteiger partial charge is 0.315 e. The van der Waals surface area contributed by atoms with Gasteiger partial charge in [-0.3, -0.25) is 9.59 Å². The Hall–Kier alpha value is -1.83. The molecule has 8 heteroatoms. The zero-order chi connectivity index (χ0) is 15.3. The Labute approximate surface area is 122 Å². The number of piperidine rings is 1. The first kappa shape index (κ1) is 15.6. The first-order valence-electron chi connectivity index (χ1n) is 7.17. The van der Waals surface area contributed by atoms with Gasteiger partial charge in [0.15, 0.2) is 0 Å². The maximum Gasteiger partial charge on any atom is 0.315 e. The van der Waals surface area contributed by atoms with Gasteiger partial charge in [-0.05, 0) is 25.7 Å². The molecular formula is C13H21N3O5. The summed E-state index contributed by atoms with van der Waals surface area (Å²) in [5.74, 6) is -1.13. The molecule has 1 atom stereocenters. The normalized spacial score (nSPS) is 24.8. The van der Waals surface area contributed by atoms with Gasteiger partial charge in [-0.1, -0.05) is 0 Å². The first-order valence-corrected chi connectivity index (χ1v) is 7.17. The van der Waals surface area contributed by atoms with Crippen molar-refractivity contribution in [2.24, 2.45) is 5.41 Å². The molecule has 118 valence electrons. The van der Waals surface area contributed by atoms with Crippen LogP contribution in [0.15, 0.2) is 0 Å². The molecule has 8 nitrogen and oxygen atoms in total. The summed E-state index contributed by atoms with van der Waals surface area (Å²) in [6.07, 6.45) is 2.14. The van der Waals surface area contributed by atoms with E-state index in [1.807, 2.05) is 0 Å². The number of hydrogen-bond acceptors (Lipinski definition) is 4. The zero-order valence-corrected chi connectivity index (χ0v) is 11.8. The monoisotopic (exact) mass is 299 g/mol. The summed E-state index contributed by atoms with van der Waals surface area (Å²) in [4.78, 5) is 34.8. The van der Waals surface area contributed by atoms with E-state index in [9.17, 15) is 19.5 Å². The second-order valence-electron chi connectivity index (χ2n) is 5.51. The average molecular weight is 299 g/mol. The van der Waals surface area contributed by atoms with Gasteiger partial charge in [0.25, 0.3) is 0 Å². The maximum atomic E-state index is 11.8. The van der Waals surface area contributed by atoms with Crippen LogP contribution in [0, 0.1) is 5.41 Å². The van der Waals surface area contributed by atoms with Gasteiger partial charge in [0.2, 0.25) is 5.91 Å². The number of amides is 3. The van der Waals surface area contributed by atoms with Crippen LogP contribution in [0.2, 0.25) is 0 Å². The number of ether oxygens (including phenoxy) is 1. The molecule has 0 aliphatic carbocycles. The molecule has 2 saturated heterocycles. The van der Waals surface area contributed by atoms with Crippen LogP contribution < -0.4 is 16.0 Å². The van der Waals surface area contributed by atoms with E-state index >= 15 is 0 Å². The third kappa shape index (κ3) is 3.84. The average Bonchev–Trinajstić information content (AvgIpc) is 2.48. The number of aliphatic carboxylic acids is 1. The first-order chi connectivity index (χ1) is 10.0. The number of nitrogens with one attached hydrogen (secondary N) is 3. The van der Waals surface area contributed by atoms with E-state index in [-0.39, 0.29) is 12.5 Å². The van der Waals surface area contributed by atoms with E-state index in [1.54, 1.807) is 0 Å². The van der Waals surface area contributed by atoms with Gasteiger partial charge in [0.1, 0.15) is 6.04 Å². The highest BCUT2D eigenvalue weighted by atomic mass is 16.5. The molecule has 0 saturated carbocycles. The number of carbonyl (C=O) groups is 3. The molecule has 2 aliphatic heterocycles. The highest BCUT2D eigenvalue weighted by molar-refractivity contribution is 5.87. The Balaban J connectivity index is 1.84. The largest absolute Gasteiger partial charge is 0.481 e. The van der Waals surface area contributed by atoms with Crippen molar-refractivity contribution >= 4 is 17.9 Å². The summed E-state index contributed by atoms with van der Waals surface area (Å²) in [5.41, 5.74) is -0.982. The van der Waals surface area contributed by atoms with Crippen LogP contribution >= 0.6 is 0 Å². The van der Waals surface area contributed by atoms with Gasteiger partial charge in [-0.2, -0.15) is 0 Å². The van der Waals surface area contributed by atoms with Crippen molar-refractivity contribution in [1.29, 1.82) is 0 Å². The number of carboxylic acid groups (broad SMARTS) is 1. The molecule has 0 bridgehead atoms. The summed E-state index contributed by atoms with van der Waals surface area (Å²) >= 11 is 0. The third-order valence-electron chi connectivity index (χ3n) is 4.08. The molecule has 0 aromatic rings.